The molecule has 14 heavy (non-hydrogen) atoms. The van der Waals surface area contributed by atoms with Gasteiger partial charge in [0.15, 0.2) is 5.82 Å². The summed E-state index contributed by atoms with van der Waals surface area (Å²) < 4.78 is 5.11. The molecule has 0 bridgehead atoms. The van der Waals surface area contributed by atoms with Crippen molar-refractivity contribution in [3.05, 3.63) is 11.7 Å². The number of piperidine rings is 1. The maximum Gasteiger partial charge on any atom is 0.240 e. The van der Waals surface area contributed by atoms with E-state index in [1.165, 1.54) is 19.3 Å². The fraction of sp³-hybridized carbons (Fsp3) is 0.800. The first-order valence-electron chi connectivity index (χ1n) is 5.29. The van der Waals surface area contributed by atoms with Crippen LogP contribution in [0.2, 0.25) is 0 Å². The van der Waals surface area contributed by atoms with Crippen molar-refractivity contribution in [1.29, 1.82) is 0 Å². The molecule has 1 unspecified atom stereocenters. The second-order valence-electron chi connectivity index (χ2n) is 4.05. The number of rotatable bonds is 2. The molecule has 1 atom stereocenters. The van der Waals surface area contributed by atoms with E-state index >= 15 is 0 Å². The Labute approximate surface area is 84.3 Å². The minimum atomic E-state index is 0.649. The van der Waals surface area contributed by atoms with Gasteiger partial charge in [-0.1, -0.05) is 11.6 Å². The van der Waals surface area contributed by atoms with Gasteiger partial charge in [-0.15, -0.1) is 0 Å². The van der Waals surface area contributed by atoms with E-state index in [0.29, 0.717) is 6.04 Å². The van der Waals surface area contributed by atoms with Gasteiger partial charge in [0.25, 0.3) is 0 Å². The summed E-state index contributed by atoms with van der Waals surface area (Å²) in [7, 11) is 0. The van der Waals surface area contributed by atoms with E-state index in [-0.39, 0.29) is 0 Å². The molecule has 1 aliphatic heterocycles. The van der Waals surface area contributed by atoms with Gasteiger partial charge in [-0.25, -0.2) is 0 Å². The predicted molar refractivity (Wildman–Crippen MR) is 52.8 cm³/mol. The number of nitrogens with zero attached hydrogens (tertiary/aromatic N) is 3. The van der Waals surface area contributed by atoms with Crippen LogP contribution >= 0.6 is 0 Å². The van der Waals surface area contributed by atoms with Crippen LogP contribution in [0.5, 0.6) is 0 Å². The largest absolute Gasteiger partial charge is 0.338 e. The van der Waals surface area contributed by atoms with E-state index in [9.17, 15) is 0 Å². The van der Waals surface area contributed by atoms with Gasteiger partial charge in [0, 0.05) is 6.04 Å². The normalized spacial score (nSPS) is 24.0. The van der Waals surface area contributed by atoms with Crippen molar-refractivity contribution in [2.75, 3.05) is 6.54 Å². The highest BCUT2D eigenvalue weighted by molar-refractivity contribution is 4.85. The van der Waals surface area contributed by atoms with Crippen molar-refractivity contribution < 1.29 is 4.52 Å². The Kier molecular flexibility index (Phi) is 2.82. The average Bonchev–Trinajstić information content (AvgIpc) is 2.56. The topological polar surface area (TPSA) is 42.2 Å². The monoisotopic (exact) mass is 195 g/mol. The maximum atomic E-state index is 5.11. The molecule has 78 valence electrons. The molecule has 2 rings (SSSR count). The molecule has 1 fully saturated rings. The Bertz CT molecular complexity index is 297. The van der Waals surface area contributed by atoms with Crippen molar-refractivity contribution in [2.45, 2.75) is 45.7 Å². The summed E-state index contributed by atoms with van der Waals surface area (Å²) in [6.45, 7) is 6.08. The van der Waals surface area contributed by atoms with Gasteiger partial charge in [-0.05, 0) is 33.2 Å². The minimum absolute atomic E-state index is 0.649. The second-order valence-corrected chi connectivity index (χ2v) is 4.05. The highest BCUT2D eigenvalue weighted by atomic mass is 16.5. The van der Waals surface area contributed by atoms with E-state index < -0.39 is 0 Å². The molecule has 0 saturated carbocycles. The first kappa shape index (κ1) is 9.65. The average molecular weight is 195 g/mol. The summed E-state index contributed by atoms with van der Waals surface area (Å²) in [6.07, 6.45) is 3.92. The van der Waals surface area contributed by atoms with Crippen LogP contribution in [-0.2, 0) is 6.54 Å². The molecule has 0 spiro atoms. The second kappa shape index (κ2) is 4.09. The number of aryl methyl sites for hydroxylation is 1. The Morgan fingerprint density at radius 3 is 3.00 bits per heavy atom. The van der Waals surface area contributed by atoms with Crippen molar-refractivity contribution in [1.82, 2.24) is 15.0 Å². The van der Waals surface area contributed by atoms with E-state index in [2.05, 4.69) is 22.0 Å². The van der Waals surface area contributed by atoms with E-state index in [1.54, 1.807) is 0 Å². The Balaban J connectivity index is 1.95. The van der Waals surface area contributed by atoms with Crippen molar-refractivity contribution in [3.8, 4) is 0 Å². The number of likely N-dealkylation sites (tertiary alicyclic amines) is 1. The van der Waals surface area contributed by atoms with Gasteiger partial charge in [0.2, 0.25) is 5.89 Å². The molecule has 0 N–H and O–H groups in total. The molecule has 4 heteroatoms. The van der Waals surface area contributed by atoms with Crippen LogP contribution in [0.15, 0.2) is 4.52 Å². The Morgan fingerprint density at radius 1 is 1.50 bits per heavy atom. The summed E-state index contributed by atoms with van der Waals surface area (Å²) in [5.74, 6) is 1.47. The molecule has 0 radical (unpaired) electrons. The van der Waals surface area contributed by atoms with Crippen LogP contribution in [0.25, 0.3) is 0 Å². The molecule has 4 nitrogen and oxygen atoms in total. The third-order valence-electron chi connectivity index (χ3n) is 2.85. The molecule has 1 aliphatic rings. The molecule has 0 aromatic carbocycles. The zero-order chi connectivity index (χ0) is 9.97. The van der Waals surface area contributed by atoms with Crippen LogP contribution in [0.4, 0.5) is 0 Å². The fourth-order valence-electron chi connectivity index (χ4n) is 1.97. The van der Waals surface area contributed by atoms with Crippen LogP contribution in [0.3, 0.4) is 0 Å². The summed E-state index contributed by atoms with van der Waals surface area (Å²) in [5, 5.41) is 3.79. The molecule has 2 heterocycles. The molecule has 1 aromatic rings. The highest BCUT2D eigenvalue weighted by Gasteiger charge is 2.20. The number of hydrogen-bond donors (Lipinski definition) is 0. The van der Waals surface area contributed by atoms with E-state index in [0.717, 1.165) is 24.8 Å². The van der Waals surface area contributed by atoms with Crippen LogP contribution < -0.4 is 0 Å². The summed E-state index contributed by atoms with van der Waals surface area (Å²) in [6, 6.07) is 0.649. The molecular formula is C10H17N3O. The Morgan fingerprint density at radius 2 is 2.36 bits per heavy atom. The van der Waals surface area contributed by atoms with Gasteiger partial charge >= 0.3 is 0 Å². The predicted octanol–water partition coefficient (Wildman–Crippen LogP) is 1.75. The molecule has 1 saturated heterocycles. The standard InChI is InChI=1S/C10H17N3O/c1-8-5-3-4-6-13(8)7-10-11-9(2)12-14-10/h8H,3-7H2,1-2H3. The zero-order valence-electron chi connectivity index (χ0n) is 8.86. The third-order valence-corrected chi connectivity index (χ3v) is 2.85. The van der Waals surface area contributed by atoms with Crippen molar-refractivity contribution in [2.24, 2.45) is 0 Å². The van der Waals surface area contributed by atoms with Gasteiger partial charge in [-0.3, -0.25) is 4.90 Å². The third kappa shape index (κ3) is 2.12. The van der Waals surface area contributed by atoms with Crippen molar-refractivity contribution in [3.63, 3.8) is 0 Å². The van der Waals surface area contributed by atoms with Gasteiger partial charge < -0.3 is 4.52 Å². The number of aromatic nitrogens is 2. The quantitative estimate of drug-likeness (QED) is 0.721. The molecular weight excluding hydrogens is 178 g/mol. The molecule has 0 amide bonds. The fourth-order valence-corrected chi connectivity index (χ4v) is 1.97. The van der Waals surface area contributed by atoms with Crippen LogP contribution in [-0.4, -0.2) is 27.6 Å². The summed E-state index contributed by atoms with van der Waals surface area (Å²) >= 11 is 0. The zero-order valence-corrected chi connectivity index (χ0v) is 8.86. The highest BCUT2D eigenvalue weighted by Crippen LogP contribution is 2.18. The lowest BCUT2D eigenvalue weighted by Gasteiger charge is -2.31. The summed E-state index contributed by atoms with van der Waals surface area (Å²) in [5.41, 5.74) is 0. The first-order valence-corrected chi connectivity index (χ1v) is 5.29. The molecule has 0 aliphatic carbocycles. The number of hydrogen-bond acceptors (Lipinski definition) is 4. The van der Waals surface area contributed by atoms with Gasteiger partial charge in [0.05, 0.1) is 6.54 Å². The lowest BCUT2D eigenvalue weighted by atomic mass is 10.0. The minimum Gasteiger partial charge on any atom is -0.338 e. The van der Waals surface area contributed by atoms with Crippen molar-refractivity contribution >= 4 is 0 Å². The summed E-state index contributed by atoms with van der Waals surface area (Å²) in [4.78, 5) is 6.63. The maximum absolute atomic E-state index is 5.11. The SMILES string of the molecule is Cc1noc(CN2CCCCC2C)n1. The van der Waals surface area contributed by atoms with Crippen LogP contribution in [0.1, 0.15) is 37.9 Å². The van der Waals surface area contributed by atoms with E-state index in [1.807, 2.05) is 6.92 Å². The lowest BCUT2D eigenvalue weighted by molar-refractivity contribution is 0.135. The lowest BCUT2D eigenvalue weighted by Crippen LogP contribution is -2.36. The first-order chi connectivity index (χ1) is 6.75. The van der Waals surface area contributed by atoms with E-state index in [4.69, 9.17) is 4.52 Å². The molecule has 1 aromatic heterocycles. The van der Waals surface area contributed by atoms with Gasteiger partial charge in [0.1, 0.15) is 0 Å². The van der Waals surface area contributed by atoms with Crippen LogP contribution in [0, 0.1) is 6.92 Å². The Hall–Kier alpha value is -0.900. The van der Waals surface area contributed by atoms with Gasteiger partial charge in [-0.2, -0.15) is 4.98 Å². The smallest absolute Gasteiger partial charge is 0.240 e.